The Labute approximate surface area is 368 Å². The van der Waals surface area contributed by atoms with Gasteiger partial charge in [0.1, 0.15) is 5.82 Å². The third kappa shape index (κ3) is 13.2. The Morgan fingerprint density at radius 2 is 1.13 bits per heavy atom. The van der Waals surface area contributed by atoms with Crippen LogP contribution in [0.5, 0.6) is 0 Å². The Morgan fingerprint density at radius 3 is 1.57 bits per heavy atom. The van der Waals surface area contributed by atoms with Gasteiger partial charge in [-0.1, -0.05) is 83.3 Å². The summed E-state index contributed by atoms with van der Waals surface area (Å²) in [6.45, 7) is 11.9. The SMILES string of the molecule is CC(C)n1c(=O)[nH]c(N[C@@H](C)c2cccc(Cl)c2)c(F)c1=O.CN(C)c1cccc2cccc(N(C)C)c12.C[C@H](N)c1cccc(Cl)c1.[CH2+]C(C)n1c(=O)[nH]c(Cl)c(F)c1=O. The first-order chi connectivity index (χ1) is 28.6. The van der Waals surface area contributed by atoms with Crippen molar-refractivity contribution in [2.75, 3.05) is 43.3 Å². The van der Waals surface area contributed by atoms with Crippen molar-refractivity contribution in [1.82, 2.24) is 19.1 Å². The highest BCUT2D eigenvalue weighted by Gasteiger charge is 2.19. The van der Waals surface area contributed by atoms with E-state index in [1.54, 1.807) is 39.0 Å². The predicted octanol–water partition coefficient (Wildman–Crippen LogP) is 9.14. The minimum Gasteiger partial charge on any atom is -0.377 e. The number of hydrogen-bond donors (Lipinski definition) is 4. The number of anilines is 3. The van der Waals surface area contributed by atoms with Crippen molar-refractivity contribution in [3.63, 3.8) is 0 Å². The first kappa shape index (κ1) is 49.8. The van der Waals surface area contributed by atoms with Gasteiger partial charge in [0.05, 0.1) is 13.0 Å². The molecule has 5 N–H and O–H groups in total. The van der Waals surface area contributed by atoms with E-state index in [0.717, 1.165) is 20.7 Å². The number of H-pyrrole nitrogens is 2. The van der Waals surface area contributed by atoms with Crippen molar-refractivity contribution in [2.45, 2.75) is 58.8 Å². The van der Waals surface area contributed by atoms with Crippen LogP contribution in [0.4, 0.5) is 26.0 Å². The maximum absolute atomic E-state index is 14.2. The summed E-state index contributed by atoms with van der Waals surface area (Å²) in [6.07, 6.45) is 0. The summed E-state index contributed by atoms with van der Waals surface area (Å²) in [4.78, 5) is 54.7. The smallest absolute Gasteiger partial charge is 0.333 e. The molecule has 61 heavy (non-hydrogen) atoms. The summed E-state index contributed by atoms with van der Waals surface area (Å²) < 4.78 is 28.5. The summed E-state index contributed by atoms with van der Waals surface area (Å²) in [6, 6.07) is 26.2. The summed E-state index contributed by atoms with van der Waals surface area (Å²) in [7, 11) is 8.34. The average Bonchev–Trinajstić information content (AvgIpc) is 3.18. The molecular formula is C44H52Cl3F2N8O4+. The lowest BCUT2D eigenvalue weighted by atomic mass is 10.1. The lowest BCUT2D eigenvalue weighted by molar-refractivity contribution is 0.498. The third-order valence-corrected chi connectivity index (χ3v) is 9.71. The van der Waals surface area contributed by atoms with Crippen molar-refractivity contribution < 1.29 is 8.78 Å². The largest absolute Gasteiger partial charge is 0.377 e. The fraction of sp³-hybridized carbons (Fsp3) is 0.295. The zero-order valence-electron chi connectivity index (χ0n) is 35.5. The molecule has 12 nitrogen and oxygen atoms in total. The summed E-state index contributed by atoms with van der Waals surface area (Å²) in [5.41, 5.74) is 6.62. The molecule has 2 aromatic heterocycles. The molecule has 0 bridgehead atoms. The lowest BCUT2D eigenvalue weighted by Gasteiger charge is -2.21. The normalized spacial score (nSPS) is 12.1. The van der Waals surface area contributed by atoms with Crippen LogP contribution in [0, 0.1) is 18.6 Å². The van der Waals surface area contributed by atoms with Gasteiger partial charge in [0.15, 0.2) is 11.2 Å². The van der Waals surface area contributed by atoms with Crippen LogP contribution in [-0.4, -0.2) is 47.3 Å². The Morgan fingerprint density at radius 1 is 0.672 bits per heavy atom. The number of nitrogens with zero attached hydrogens (tertiary/aromatic N) is 4. The van der Waals surface area contributed by atoms with Crippen LogP contribution in [0.3, 0.4) is 0 Å². The van der Waals surface area contributed by atoms with Crippen LogP contribution in [0.25, 0.3) is 10.8 Å². The van der Waals surface area contributed by atoms with Crippen molar-refractivity contribution >= 4 is 62.8 Å². The van der Waals surface area contributed by atoms with Crippen LogP contribution >= 0.6 is 34.8 Å². The van der Waals surface area contributed by atoms with E-state index in [1.807, 2.05) is 42.2 Å². The van der Waals surface area contributed by atoms with Gasteiger partial charge in [-0.15, -0.1) is 0 Å². The van der Waals surface area contributed by atoms with Gasteiger partial charge in [0.2, 0.25) is 11.6 Å². The van der Waals surface area contributed by atoms with Crippen LogP contribution in [0.1, 0.15) is 69.9 Å². The molecule has 0 saturated carbocycles. The minimum absolute atomic E-state index is 0.0682. The molecule has 17 heteroatoms. The Hall–Kier alpha value is -5.54. The van der Waals surface area contributed by atoms with Gasteiger partial charge in [-0.2, -0.15) is 8.78 Å². The second-order valence-electron chi connectivity index (χ2n) is 14.7. The number of benzene rings is 4. The Bertz CT molecular complexity index is 2620. The van der Waals surface area contributed by atoms with Gasteiger partial charge in [0, 0.05) is 67.1 Å². The number of halogens is 5. The molecule has 1 unspecified atom stereocenters. The number of aromatic nitrogens is 4. The van der Waals surface area contributed by atoms with Crippen molar-refractivity contribution in [1.29, 1.82) is 0 Å². The van der Waals surface area contributed by atoms with Crippen molar-refractivity contribution in [2.24, 2.45) is 5.73 Å². The highest BCUT2D eigenvalue weighted by atomic mass is 35.5. The number of rotatable bonds is 8. The van der Waals surface area contributed by atoms with E-state index in [0.29, 0.717) is 9.59 Å². The standard InChI is InChI=1S/C15H17ClFN3O2.C14H18N2.C8H10ClN.C7H6ClFN2O2/c1-8(2)20-14(21)12(17)13(19-15(20)22)18-9(3)10-5-4-6-11(16)7-10;1-15(2)12-9-5-7-11-8-6-10-13(14(11)12)16(3)4;1-6(10)7-3-2-4-8(9)5-7;1-3(2)11-6(12)4(9)5(8)10-7(11)13/h4-9,18H,1-3H3,(H,19,22);5-10H,1-4H3;2-6H,10H2,1H3;3H,1H2,2H3/p+1/t9-;;6-;/m0.0./s1. The monoisotopic (exact) mass is 899 g/mol. The molecule has 6 aromatic rings. The zero-order valence-corrected chi connectivity index (χ0v) is 37.8. The topological polar surface area (TPSA) is 154 Å². The molecule has 0 aliphatic heterocycles. The molecule has 0 aliphatic carbocycles. The number of aromatic amines is 2. The van der Waals surface area contributed by atoms with Gasteiger partial charge in [-0.3, -0.25) is 24.1 Å². The lowest BCUT2D eigenvalue weighted by Crippen LogP contribution is -2.39. The molecule has 0 aliphatic rings. The molecule has 3 atom stereocenters. The van der Waals surface area contributed by atoms with Crippen LogP contribution in [0.2, 0.25) is 15.2 Å². The average molecular weight is 901 g/mol. The first-order valence-corrected chi connectivity index (χ1v) is 20.2. The molecular weight excluding hydrogens is 849 g/mol. The summed E-state index contributed by atoms with van der Waals surface area (Å²) in [5, 5.41) is 6.13. The highest BCUT2D eigenvalue weighted by Crippen LogP contribution is 2.33. The predicted molar refractivity (Wildman–Crippen MR) is 248 cm³/mol. The maximum atomic E-state index is 14.2. The molecule has 0 fully saturated rings. The quantitative estimate of drug-likeness (QED) is 0.0872. The van der Waals surface area contributed by atoms with E-state index in [-0.39, 0.29) is 17.9 Å². The Balaban J connectivity index is 0.000000226. The molecule has 0 saturated heterocycles. The number of hydrogen-bond acceptors (Lipinski definition) is 8. The van der Waals surface area contributed by atoms with Gasteiger partial charge in [0.25, 0.3) is 11.1 Å². The highest BCUT2D eigenvalue weighted by molar-refractivity contribution is 6.31. The fourth-order valence-electron chi connectivity index (χ4n) is 5.91. The molecule has 6 rings (SSSR count). The number of nitrogens with two attached hydrogens (primary N) is 1. The second kappa shape index (κ2) is 22.3. The molecule has 2 heterocycles. The van der Waals surface area contributed by atoms with Crippen LogP contribution < -0.4 is 43.3 Å². The fourth-order valence-corrected chi connectivity index (χ4v) is 6.47. The molecule has 326 valence electrons. The van der Waals surface area contributed by atoms with Crippen LogP contribution in [0.15, 0.2) is 104 Å². The third-order valence-electron chi connectivity index (χ3n) is 8.98. The Kier molecular flexibility index (Phi) is 18.2. The van der Waals surface area contributed by atoms with Crippen molar-refractivity contribution in [3.8, 4) is 0 Å². The van der Waals surface area contributed by atoms with Crippen molar-refractivity contribution in [3.05, 3.63) is 171 Å². The van der Waals surface area contributed by atoms with Gasteiger partial charge < -0.3 is 20.9 Å². The second-order valence-corrected chi connectivity index (χ2v) is 15.9. The molecule has 0 amide bonds. The maximum Gasteiger partial charge on any atom is 0.333 e. The number of nitrogens with one attached hydrogen (secondary N) is 3. The summed E-state index contributed by atoms with van der Waals surface area (Å²) in [5.74, 6) is -2.40. The molecule has 0 spiro atoms. The van der Waals surface area contributed by atoms with Gasteiger partial charge >= 0.3 is 11.4 Å². The minimum atomic E-state index is -1.17. The number of fused-ring (bicyclic) bond motifs is 1. The van der Waals surface area contributed by atoms with Gasteiger partial charge in [-0.05, 0) is 87.5 Å². The van der Waals surface area contributed by atoms with E-state index in [2.05, 4.69) is 91.6 Å². The van der Waals surface area contributed by atoms with E-state index >= 15 is 0 Å². The van der Waals surface area contributed by atoms with E-state index < -0.39 is 51.4 Å². The van der Waals surface area contributed by atoms with Crippen LogP contribution in [-0.2, 0) is 0 Å². The summed E-state index contributed by atoms with van der Waals surface area (Å²) >= 11 is 16.9. The first-order valence-electron chi connectivity index (χ1n) is 19.0. The van der Waals surface area contributed by atoms with Gasteiger partial charge in [-0.25, -0.2) is 14.2 Å². The zero-order chi connectivity index (χ0) is 45.9. The molecule has 0 radical (unpaired) electrons. The van der Waals surface area contributed by atoms with E-state index in [9.17, 15) is 28.0 Å². The van der Waals surface area contributed by atoms with E-state index in [4.69, 9.17) is 40.5 Å². The van der Waals surface area contributed by atoms with E-state index in [1.165, 1.54) is 29.1 Å². The molecule has 4 aromatic carbocycles.